The molecule has 2 bridgehead atoms. The van der Waals surface area contributed by atoms with Gasteiger partial charge in [0, 0.05) is 18.0 Å². The van der Waals surface area contributed by atoms with Gasteiger partial charge in [0.25, 0.3) is 0 Å². The Morgan fingerprint density at radius 1 is 1.28 bits per heavy atom. The van der Waals surface area contributed by atoms with Gasteiger partial charge in [0.2, 0.25) is 0 Å². The fourth-order valence-corrected chi connectivity index (χ4v) is 2.58. The van der Waals surface area contributed by atoms with Crippen LogP contribution in [0, 0.1) is 5.82 Å². The minimum Gasteiger partial charge on any atom is -0.490 e. The van der Waals surface area contributed by atoms with E-state index in [2.05, 4.69) is 5.32 Å². The number of benzene rings is 1. The molecule has 98 valence electrons. The van der Waals surface area contributed by atoms with Gasteiger partial charge in [-0.2, -0.15) is 13.2 Å². The quantitative estimate of drug-likeness (QED) is 0.725. The van der Waals surface area contributed by atoms with Crippen LogP contribution in [0.4, 0.5) is 17.6 Å². The normalized spacial score (nSPS) is 26.4. The summed E-state index contributed by atoms with van der Waals surface area (Å²) in [7, 11) is 0. The van der Waals surface area contributed by atoms with Crippen LogP contribution in [-0.2, 0) is 6.18 Å². The molecule has 2 heterocycles. The standard InChI is InChI=1S/C12H11F4NO/c13-8-3-6(12(14,15)16)4-10-11(8)9-5-7(18-10)1-2-17-9/h3-4,7,9,17H,1-2,5H2/t7-,9+/m0/s1. The average molecular weight is 261 g/mol. The molecule has 2 atom stereocenters. The van der Waals surface area contributed by atoms with Gasteiger partial charge < -0.3 is 10.1 Å². The molecule has 2 aliphatic heterocycles. The molecule has 3 rings (SSSR count). The molecule has 1 saturated heterocycles. The molecular weight excluding hydrogens is 250 g/mol. The second-order valence-corrected chi connectivity index (χ2v) is 4.64. The predicted molar refractivity (Wildman–Crippen MR) is 55.8 cm³/mol. The Hall–Kier alpha value is -1.30. The zero-order valence-electron chi connectivity index (χ0n) is 9.35. The van der Waals surface area contributed by atoms with Crippen molar-refractivity contribution in [2.45, 2.75) is 31.2 Å². The molecule has 6 heteroatoms. The summed E-state index contributed by atoms with van der Waals surface area (Å²) >= 11 is 0. The molecule has 0 saturated carbocycles. The van der Waals surface area contributed by atoms with Crippen LogP contribution in [0.25, 0.3) is 0 Å². The van der Waals surface area contributed by atoms with Crippen molar-refractivity contribution in [3.05, 3.63) is 29.1 Å². The van der Waals surface area contributed by atoms with Gasteiger partial charge in [-0.1, -0.05) is 0 Å². The maximum Gasteiger partial charge on any atom is 0.416 e. The molecule has 0 amide bonds. The lowest BCUT2D eigenvalue weighted by atomic mass is 9.90. The Balaban J connectivity index is 2.09. The summed E-state index contributed by atoms with van der Waals surface area (Å²) in [6.07, 6.45) is -3.34. The highest BCUT2D eigenvalue weighted by molar-refractivity contribution is 5.43. The Kier molecular flexibility index (Phi) is 2.52. The Morgan fingerprint density at radius 3 is 2.78 bits per heavy atom. The molecule has 0 radical (unpaired) electrons. The van der Waals surface area contributed by atoms with Crippen molar-refractivity contribution in [1.29, 1.82) is 0 Å². The van der Waals surface area contributed by atoms with Gasteiger partial charge in [-0.15, -0.1) is 0 Å². The smallest absolute Gasteiger partial charge is 0.416 e. The van der Waals surface area contributed by atoms with Crippen molar-refractivity contribution < 1.29 is 22.3 Å². The number of hydrogen-bond acceptors (Lipinski definition) is 2. The minimum atomic E-state index is -4.56. The van der Waals surface area contributed by atoms with E-state index in [0.29, 0.717) is 19.0 Å². The molecule has 0 unspecified atom stereocenters. The summed E-state index contributed by atoms with van der Waals surface area (Å²) in [6, 6.07) is 1.19. The summed E-state index contributed by atoms with van der Waals surface area (Å²) in [4.78, 5) is 0. The zero-order chi connectivity index (χ0) is 12.9. The van der Waals surface area contributed by atoms with Crippen LogP contribution in [0.5, 0.6) is 5.75 Å². The van der Waals surface area contributed by atoms with Crippen molar-refractivity contribution in [2.24, 2.45) is 0 Å². The Bertz CT molecular complexity index is 486. The largest absolute Gasteiger partial charge is 0.490 e. The number of hydrogen-bond donors (Lipinski definition) is 1. The Morgan fingerprint density at radius 2 is 2.06 bits per heavy atom. The van der Waals surface area contributed by atoms with E-state index in [-0.39, 0.29) is 23.5 Å². The van der Waals surface area contributed by atoms with E-state index in [4.69, 9.17) is 4.74 Å². The molecule has 2 nitrogen and oxygen atoms in total. The van der Waals surface area contributed by atoms with Crippen molar-refractivity contribution >= 4 is 0 Å². The molecule has 18 heavy (non-hydrogen) atoms. The van der Waals surface area contributed by atoms with Gasteiger partial charge in [-0.3, -0.25) is 0 Å². The number of halogens is 4. The highest BCUT2D eigenvalue weighted by Gasteiger charge is 2.38. The van der Waals surface area contributed by atoms with E-state index >= 15 is 0 Å². The van der Waals surface area contributed by atoms with Gasteiger partial charge in [-0.25, -0.2) is 4.39 Å². The van der Waals surface area contributed by atoms with Crippen LogP contribution in [0.2, 0.25) is 0 Å². The molecule has 0 aromatic heterocycles. The first-order valence-electron chi connectivity index (χ1n) is 5.76. The second-order valence-electron chi connectivity index (χ2n) is 4.64. The number of nitrogens with one attached hydrogen (secondary N) is 1. The second kappa shape index (κ2) is 3.85. The molecule has 0 spiro atoms. The van der Waals surface area contributed by atoms with Gasteiger partial charge in [0.05, 0.1) is 5.56 Å². The first-order valence-corrected chi connectivity index (χ1v) is 5.76. The Labute approximate surface area is 101 Å². The van der Waals surface area contributed by atoms with E-state index in [1.807, 2.05) is 0 Å². The number of ether oxygens (including phenoxy) is 1. The molecule has 1 aromatic carbocycles. The van der Waals surface area contributed by atoms with E-state index in [1.54, 1.807) is 0 Å². The van der Waals surface area contributed by atoms with Crippen molar-refractivity contribution in [3.63, 3.8) is 0 Å². The van der Waals surface area contributed by atoms with E-state index in [0.717, 1.165) is 12.5 Å². The lowest BCUT2D eigenvalue weighted by Crippen LogP contribution is -2.41. The lowest BCUT2D eigenvalue weighted by Gasteiger charge is -2.37. The molecule has 0 aliphatic carbocycles. The first kappa shape index (κ1) is 11.8. The topological polar surface area (TPSA) is 21.3 Å². The SMILES string of the molecule is Fc1cc(C(F)(F)F)cc2c1[C@H]1C[C@H](CCN1)O2. The van der Waals surface area contributed by atoms with Gasteiger partial charge in [0.1, 0.15) is 17.7 Å². The maximum absolute atomic E-state index is 13.8. The molecule has 1 N–H and O–H groups in total. The summed E-state index contributed by atoms with van der Waals surface area (Å²) in [5, 5.41) is 3.10. The monoisotopic (exact) mass is 261 g/mol. The van der Waals surface area contributed by atoms with Crippen LogP contribution in [0.15, 0.2) is 12.1 Å². The predicted octanol–water partition coefficient (Wildman–Crippen LogP) is 3.03. The molecular formula is C12H11F4NO. The van der Waals surface area contributed by atoms with Gasteiger partial charge >= 0.3 is 6.18 Å². The van der Waals surface area contributed by atoms with E-state index < -0.39 is 17.6 Å². The van der Waals surface area contributed by atoms with E-state index in [9.17, 15) is 17.6 Å². The van der Waals surface area contributed by atoms with Gasteiger partial charge in [-0.05, 0) is 25.1 Å². The molecule has 2 aliphatic rings. The maximum atomic E-state index is 13.8. The fourth-order valence-electron chi connectivity index (χ4n) is 2.58. The summed E-state index contributed by atoms with van der Waals surface area (Å²) in [5.41, 5.74) is -0.780. The number of rotatable bonds is 0. The number of fused-ring (bicyclic) bond motifs is 4. The lowest BCUT2D eigenvalue weighted by molar-refractivity contribution is -0.138. The van der Waals surface area contributed by atoms with Crippen molar-refractivity contribution in [1.82, 2.24) is 5.32 Å². The van der Waals surface area contributed by atoms with Gasteiger partial charge in [0.15, 0.2) is 0 Å². The van der Waals surface area contributed by atoms with Crippen LogP contribution in [0.3, 0.4) is 0 Å². The third-order valence-corrected chi connectivity index (χ3v) is 3.42. The summed E-state index contributed by atoms with van der Waals surface area (Å²) in [6.45, 7) is 0.690. The third kappa shape index (κ3) is 1.84. The summed E-state index contributed by atoms with van der Waals surface area (Å²) in [5.74, 6) is -0.826. The average Bonchev–Trinajstić information content (AvgIpc) is 2.26. The van der Waals surface area contributed by atoms with E-state index in [1.165, 1.54) is 0 Å². The molecule has 1 aromatic rings. The molecule has 1 fully saturated rings. The van der Waals surface area contributed by atoms with Crippen LogP contribution < -0.4 is 10.1 Å². The van der Waals surface area contributed by atoms with Crippen LogP contribution in [-0.4, -0.2) is 12.6 Å². The third-order valence-electron chi connectivity index (χ3n) is 3.42. The van der Waals surface area contributed by atoms with Crippen molar-refractivity contribution in [2.75, 3.05) is 6.54 Å². The number of piperidine rings is 1. The highest BCUT2D eigenvalue weighted by Crippen LogP contribution is 2.42. The fraction of sp³-hybridized carbons (Fsp3) is 0.500. The highest BCUT2D eigenvalue weighted by atomic mass is 19.4. The summed E-state index contributed by atoms with van der Waals surface area (Å²) < 4.78 is 57.0. The number of alkyl halides is 3. The minimum absolute atomic E-state index is 0.0239. The van der Waals surface area contributed by atoms with Crippen LogP contribution in [0.1, 0.15) is 30.0 Å². The zero-order valence-corrected chi connectivity index (χ0v) is 9.35. The first-order chi connectivity index (χ1) is 8.45. The van der Waals surface area contributed by atoms with Crippen molar-refractivity contribution in [3.8, 4) is 5.75 Å². The van der Waals surface area contributed by atoms with Crippen LogP contribution >= 0.6 is 0 Å².